The van der Waals surface area contributed by atoms with Crippen molar-refractivity contribution >= 4 is 5.97 Å². The topological polar surface area (TPSA) is 78.8 Å². The molecule has 1 aromatic rings. The van der Waals surface area contributed by atoms with Crippen LogP contribution in [0, 0.1) is 0 Å². The van der Waals surface area contributed by atoms with Crippen LogP contribution in [-0.4, -0.2) is 41.5 Å². The molecule has 0 aromatic heterocycles. The number of hydrogen-bond acceptors (Lipinski definition) is 4. The first-order chi connectivity index (χ1) is 9.51. The molecule has 0 aliphatic heterocycles. The van der Waals surface area contributed by atoms with Crippen LogP contribution in [0.3, 0.4) is 0 Å². The molecule has 0 amide bonds. The van der Waals surface area contributed by atoms with Crippen LogP contribution in [0.4, 0.5) is 0 Å². The molecule has 0 heterocycles. The lowest BCUT2D eigenvalue weighted by molar-refractivity contribution is -0.137. The van der Waals surface area contributed by atoms with E-state index in [-0.39, 0.29) is 25.2 Å². The fourth-order valence-electron chi connectivity index (χ4n) is 1.96. The minimum atomic E-state index is -0.847. The molecule has 0 bridgehead atoms. The highest BCUT2D eigenvalue weighted by atomic mass is 16.5. The van der Waals surface area contributed by atoms with Crippen LogP contribution in [0.25, 0.3) is 0 Å². The van der Waals surface area contributed by atoms with Crippen LogP contribution in [0.5, 0.6) is 5.75 Å². The van der Waals surface area contributed by atoms with Crippen molar-refractivity contribution in [3.63, 3.8) is 0 Å². The number of aliphatic hydroxyl groups is 1. The van der Waals surface area contributed by atoms with Gasteiger partial charge in [-0.15, -0.1) is 0 Å². The van der Waals surface area contributed by atoms with Crippen molar-refractivity contribution in [2.45, 2.75) is 38.8 Å². The maximum Gasteiger partial charge on any atom is 0.304 e. The van der Waals surface area contributed by atoms with E-state index in [1.165, 1.54) is 0 Å². The molecular formula is C15H23NO4. The molecular weight excluding hydrogens is 258 g/mol. The van der Waals surface area contributed by atoms with Crippen LogP contribution in [-0.2, 0) is 11.2 Å². The minimum absolute atomic E-state index is 0.00269. The molecule has 1 unspecified atom stereocenters. The molecule has 5 heteroatoms. The second-order valence-electron chi connectivity index (χ2n) is 4.99. The van der Waals surface area contributed by atoms with Gasteiger partial charge in [-0.2, -0.15) is 0 Å². The molecule has 1 rings (SSSR count). The molecule has 0 aliphatic rings. The predicted molar refractivity (Wildman–Crippen MR) is 77.0 cm³/mol. The van der Waals surface area contributed by atoms with E-state index >= 15 is 0 Å². The highest BCUT2D eigenvalue weighted by molar-refractivity contribution is 5.67. The number of aliphatic carboxylic acids is 1. The Morgan fingerprint density at radius 2 is 1.95 bits per heavy atom. The summed E-state index contributed by atoms with van der Waals surface area (Å²) in [6.45, 7) is 4.33. The first kappa shape index (κ1) is 16.5. The predicted octanol–water partition coefficient (Wildman–Crippen LogP) is 1.44. The Hall–Kier alpha value is -1.59. The van der Waals surface area contributed by atoms with Gasteiger partial charge in [-0.3, -0.25) is 4.79 Å². The van der Waals surface area contributed by atoms with E-state index in [0.29, 0.717) is 13.0 Å². The first-order valence-electron chi connectivity index (χ1n) is 6.83. The quantitative estimate of drug-likeness (QED) is 0.638. The molecule has 1 aromatic carbocycles. The van der Waals surface area contributed by atoms with E-state index in [4.69, 9.17) is 14.9 Å². The van der Waals surface area contributed by atoms with Gasteiger partial charge in [-0.25, -0.2) is 0 Å². The van der Waals surface area contributed by atoms with Gasteiger partial charge in [0.1, 0.15) is 5.75 Å². The number of aliphatic hydroxyl groups excluding tert-OH is 1. The Morgan fingerprint density at radius 1 is 1.30 bits per heavy atom. The summed E-state index contributed by atoms with van der Waals surface area (Å²) >= 11 is 0. The molecule has 0 saturated carbocycles. The zero-order valence-corrected chi connectivity index (χ0v) is 12.0. The molecule has 0 radical (unpaired) electrons. The number of ether oxygens (including phenoxy) is 1. The second-order valence-corrected chi connectivity index (χ2v) is 4.99. The van der Waals surface area contributed by atoms with Gasteiger partial charge in [0.05, 0.1) is 19.1 Å². The lowest BCUT2D eigenvalue weighted by Gasteiger charge is -2.17. The summed E-state index contributed by atoms with van der Waals surface area (Å²) in [5, 5.41) is 20.7. The molecule has 0 aliphatic carbocycles. The molecule has 20 heavy (non-hydrogen) atoms. The van der Waals surface area contributed by atoms with Crippen molar-refractivity contribution in [2.75, 3.05) is 13.2 Å². The summed E-state index contributed by atoms with van der Waals surface area (Å²) in [7, 11) is 0. The number of carboxylic acid groups (broad SMARTS) is 1. The summed E-state index contributed by atoms with van der Waals surface area (Å²) in [6, 6.07) is 7.47. The molecule has 0 spiro atoms. The van der Waals surface area contributed by atoms with Crippen molar-refractivity contribution in [3.05, 3.63) is 29.8 Å². The Bertz CT molecular complexity index is 403. The largest absolute Gasteiger partial charge is 0.491 e. The molecule has 1 atom stereocenters. The number of benzene rings is 1. The van der Waals surface area contributed by atoms with E-state index < -0.39 is 5.97 Å². The molecule has 112 valence electrons. The zero-order valence-electron chi connectivity index (χ0n) is 12.0. The van der Waals surface area contributed by atoms with Crippen molar-refractivity contribution in [1.29, 1.82) is 0 Å². The van der Waals surface area contributed by atoms with Crippen molar-refractivity contribution in [1.82, 2.24) is 5.32 Å². The van der Waals surface area contributed by atoms with Crippen LogP contribution in [0.2, 0.25) is 0 Å². The van der Waals surface area contributed by atoms with Gasteiger partial charge in [0, 0.05) is 12.6 Å². The van der Waals surface area contributed by atoms with E-state index in [1.54, 1.807) is 0 Å². The van der Waals surface area contributed by atoms with Crippen molar-refractivity contribution in [3.8, 4) is 5.75 Å². The summed E-state index contributed by atoms with van der Waals surface area (Å²) in [5.41, 5.74) is 1.04. The van der Waals surface area contributed by atoms with Gasteiger partial charge < -0.3 is 20.3 Å². The van der Waals surface area contributed by atoms with Crippen molar-refractivity contribution in [2.24, 2.45) is 0 Å². The second kappa shape index (κ2) is 8.55. The third kappa shape index (κ3) is 6.54. The molecule has 5 nitrogen and oxygen atoms in total. The van der Waals surface area contributed by atoms with E-state index in [2.05, 4.69) is 5.32 Å². The molecule has 0 saturated heterocycles. The maximum atomic E-state index is 10.8. The fraction of sp³-hybridized carbons (Fsp3) is 0.533. The SMILES string of the molecule is CC(C)Oc1ccc(CC(CC(=O)O)NCCO)cc1. The monoisotopic (exact) mass is 281 g/mol. The summed E-state index contributed by atoms with van der Waals surface area (Å²) in [5.74, 6) is -0.0398. The van der Waals surface area contributed by atoms with E-state index in [9.17, 15) is 4.79 Å². The lowest BCUT2D eigenvalue weighted by Crippen LogP contribution is -2.35. The Morgan fingerprint density at radius 3 is 2.45 bits per heavy atom. The first-order valence-corrected chi connectivity index (χ1v) is 6.83. The number of hydrogen-bond donors (Lipinski definition) is 3. The van der Waals surface area contributed by atoms with Crippen molar-refractivity contribution < 1.29 is 19.7 Å². The Labute approximate surface area is 119 Å². The van der Waals surface area contributed by atoms with Gasteiger partial charge >= 0.3 is 5.97 Å². The lowest BCUT2D eigenvalue weighted by atomic mass is 10.0. The number of nitrogens with one attached hydrogen (secondary N) is 1. The van der Waals surface area contributed by atoms with Crippen LogP contribution < -0.4 is 10.1 Å². The Balaban J connectivity index is 2.60. The summed E-state index contributed by atoms with van der Waals surface area (Å²) < 4.78 is 5.56. The van der Waals surface area contributed by atoms with Crippen LogP contribution in [0.15, 0.2) is 24.3 Å². The minimum Gasteiger partial charge on any atom is -0.491 e. The number of rotatable bonds is 9. The van der Waals surface area contributed by atoms with Gasteiger partial charge in [0.25, 0.3) is 0 Å². The number of carbonyl (C=O) groups is 1. The smallest absolute Gasteiger partial charge is 0.304 e. The zero-order chi connectivity index (χ0) is 15.0. The maximum absolute atomic E-state index is 10.8. The Kier molecular flexibility index (Phi) is 7.04. The normalized spacial score (nSPS) is 12.4. The van der Waals surface area contributed by atoms with E-state index in [0.717, 1.165) is 11.3 Å². The average molecular weight is 281 g/mol. The highest BCUT2D eigenvalue weighted by Crippen LogP contribution is 2.15. The van der Waals surface area contributed by atoms with Gasteiger partial charge in [-0.1, -0.05) is 12.1 Å². The van der Waals surface area contributed by atoms with E-state index in [1.807, 2.05) is 38.1 Å². The van der Waals surface area contributed by atoms with Gasteiger partial charge in [-0.05, 0) is 38.0 Å². The highest BCUT2D eigenvalue weighted by Gasteiger charge is 2.13. The summed E-state index contributed by atoms with van der Waals surface area (Å²) in [4.78, 5) is 10.8. The fourth-order valence-corrected chi connectivity index (χ4v) is 1.96. The van der Waals surface area contributed by atoms with Crippen LogP contribution in [0.1, 0.15) is 25.8 Å². The number of carboxylic acids is 1. The molecule has 3 N–H and O–H groups in total. The van der Waals surface area contributed by atoms with Crippen LogP contribution >= 0.6 is 0 Å². The molecule has 0 fully saturated rings. The van der Waals surface area contributed by atoms with Gasteiger partial charge in [0.2, 0.25) is 0 Å². The third-order valence-electron chi connectivity index (χ3n) is 2.74. The van der Waals surface area contributed by atoms with Gasteiger partial charge in [0.15, 0.2) is 0 Å². The summed E-state index contributed by atoms with van der Waals surface area (Å²) in [6.07, 6.45) is 0.769. The third-order valence-corrected chi connectivity index (χ3v) is 2.74. The standard InChI is InChI=1S/C15H23NO4/c1-11(2)20-14-5-3-12(4-6-14)9-13(10-15(18)19)16-7-8-17/h3-6,11,13,16-17H,7-10H2,1-2H3,(H,18,19). The average Bonchev–Trinajstić information content (AvgIpc) is 2.37.